The molecule has 1 amide bonds. The number of aliphatic imine (C=N–C) groups is 2. The maximum Gasteiger partial charge on any atom is 0.255 e. The Morgan fingerprint density at radius 1 is 1.12 bits per heavy atom. The Kier molecular flexibility index (Phi) is 9.14. The fourth-order valence-electron chi connectivity index (χ4n) is 3.03. The molecule has 2 aromatic carbocycles. The molecule has 2 rings (SSSR count). The molecular formula is C27H34N4O. The molecule has 0 bridgehead atoms. The number of anilines is 1. The molecule has 32 heavy (non-hydrogen) atoms. The van der Waals surface area contributed by atoms with Gasteiger partial charge in [-0.3, -0.25) is 14.8 Å². The van der Waals surface area contributed by atoms with Crippen LogP contribution in [-0.2, 0) is 0 Å². The van der Waals surface area contributed by atoms with Gasteiger partial charge < -0.3 is 10.6 Å². The SMILES string of the molecule is C=C(C)C(C=NCC)=N/C=C(\C)N[C@@H](C)c1cccc(NC(=O)c2ccc(C)c(C)c2)c1. The molecule has 0 aliphatic carbocycles. The van der Waals surface area contributed by atoms with E-state index in [0.717, 1.165) is 33.8 Å². The van der Waals surface area contributed by atoms with E-state index in [0.29, 0.717) is 12.1 Å². The maximum absolute atomic E-state index is 12.6. The van der Waals surface area contributed by atoms with Crippen LogP contribution in [-0.4, -0.2) is 24.4 Å². The van der Waals surface area contributed by atoms with Gasteiger partial charge in [-0.25, -0.2) is 0 Å². The molecule has 0 aliphatic heterocycles. The van der Waals surface area contributed by atoms with E-state index in [1.807, 2.05) is 77.1 Å². The lowest BCUT2D eigenvalue weighted by Gasteiger charge is -2.17. The third-order valence-corrected chi connectivity index (χ3v) is 5.09. The Balaban J connectivity index is 2.09. The van der Waals surface area contributed by atoms with Crippen molar-refractivity contribution in [3.63, 3.8) is 0 Å². The van der Waals surface area contributed by atoms with E-state index < -0.39 is 0 Å². The lowest BCUT2D eigenvalue weighted by molar-refractivity contribution is 0.102. The van der Waals surface area contributed by atoms with Gasteiger partial charge in [0.2, 0.25) is 0 Å². The van der Waals surface area contributed by atoms with Crippen molar-refractivity contribution in [3.05, 3.63) is 88.8 Å². The van der Waals surface area contributed by atoms with Crippen LogP contribution in [0.25, 0.3) is 0 Å². The highest BCUT2D eigenvalue weighted by molar-refractivity contribution is 6.37. The summed E-state index contributed by atoms with van der Waals surface area (Å²) in [5.41, 5.74) is 7.30. The van der Waals surface area contributed by atoms with E-state index >= 15 is 0 Å². The van der Waals surface area contributed by atoms with Crippen molar-refractivity contribution in [1.82, 2.24) is 5.32 Å². The highest BCUT2D eigenvalue weighted by atomic mass is 16.1. The minimum atomic E-state index is -0.114. The molecular weight excluding hydrogens is 396 g/mol. The minimum Gasteiger partial charge on any atom is -0.381 e. The van der Waals surface area contributed by atoms with Gasteiger partial charge in [0, 0.05) is 41.9 Å². The number of rotatable bonds is 9. The predicted octanol–water partition coefficient (Wildman–Crippen LogP) is 6.18. The molecule has 0 heterocycles. The number of nitrogens with one attached hydrogen (secondary N) is 2. The number of aryl methyl sites for hydroxylation is 2. The van der Waals surface area contributed by atoms with Crippen LogP contribution in [0.1, 0.15) is 60.8 Å². The Hall–Kier alpha value is -3.47. The van der Waals surface area contributed by atoms with Gasteiger partial charge in [-0.1, -0.05) is 24.8 Å². The first-order valence-electron chi connectivity index (χ1n) is 10.9. The molecule has 2 N–H and O–H groups in total. The first kappa shape index (κ1) is 24.8. The van der Waals surface area contributed by atoms with Crippen LogP contribution < -0.4 is 10.6 Å². The molecule has 0 saturated carbocycles. The first-order chi connectivity index (χ1) is 15.2. The monoisotopic (exact) mass is 430 g/mol. The van der Waals surface area contributed by atoms with Crippen LogP contribution in [0.2, 0.25) is 0 Å². The Morgan fingerprint density at radius 3 is 2.53 bits per heavy atom. The van der Waals surface area contributed by atoms with E-state index in [1.165, 1.54) is 5.56 Å². The molecule has 0 saturated heterocycles. The summed E-state index contributed by atoms with van der Waals surface area (Å²) < 4.78 is 0. The average Bonchev–Trinajstić information content (AvgIpc) is 2.75. The zero-order valence-electron chi connectivity index (χ0n) is 20.0. The topological polar surface area (TPSA) is 65.8 Å². The van der Waals surface area contributed by atoms with Gasteiger partial charge in [-0.15, -0.1) is 0 Å². The van der Waals surface area contributed by atoms with Crippen LogP contribution >= 0.6 is 0 Å². The van der Waals surface area contributed by atoms with Gasteiger partial charge in [-0.2, -0.15) is 0 Å². The summed E-state index contributed by atoms with van der Waals surface area (Å²) in [7, 11) is 0. The van der Waals surface area contributed by atoms with E-state index in [1.54, 1.807) is 12.4 Å². The molecule has 168 valence electrons. The van der Waals surface area contributed by atoms with Crippen molar-refractivity contribution in [3.8, 4) is 0 Å². The number of carbonyl (C=O) groups is 1. The van der Waals surface area contributed by atoms with Gasteiger partial charge in [0.15, 0.2) is 0 Å². The molecule has 5 heteroatoms. The maximum atomic E-state index is 12.6. The van der Waals surface area contributed by atoms with Gasteiger partial charge in [0.25, 0.3) is 5.91 Å². The van der Waals surface area contributed by atoms with Crippen LogP contribution in [0.4, 0.5) is 5.69 Å². The van der Waals surface area contributed by atoms with Crippen molar-refractivity contribution in [1.29, 1.82) is 0 Å². The summed E-state index contributed by atoms with van der Waals surface area (Å²) in [5, 5.41) is 6.44. The predicted molar refractivity (Wildman–Crippen MR) is 137 cm³/mol. The zero-order valence-corrected chi connectivity index (χ0v) is 20.0. The number of carbonyl (C=O) groups excluding carboxylic acids is 1. The first-order valence-corrected chi connectivity index (χ1v) is 10.9. The molecule has 1 atom stereocenters. The van der Waals surface area contributed by atoms with Crippen molar-refractivity contribution in [2.24, 2.45) is 9.98 Å². The van der Waals surface area contributed by atoms with Crippen molar-refractivity contribution < 1.29 is 4.79 Å². The standard InChI is InChI=1S/C27H34N4O/c1-8-28-17-26(18(2)3)29-16-21(6)30-22(7)23-10-9-11-25(15-23)31-27(32)24-13-12-19(4)20(5)14-24/h9-17,22,30H,2,8H2,1,3-7H3,(H,31,32)/b21-16+,28-17?,29-26?/t22-/m0/s1. The van der Waals surface area contributed by atoms with Crippen molar-refractivity contribution in [2.45, 2.75) is 47.6 Å². The molecule has 0 fully saturated rings. The second kappa shape index (κ2) is 11.8. The third kappa shape index (κ3) is 7.34. The van der Waals surface area contributed by atoms with Crippen molar-refractivity contribution >= 4 is 23.5 Å². The van der Waals surface area contributed by atoms with Gasteiger partial charge >= 0.3 is 0 Å². The summed E-state index contributed by atoms with van der Waals surface area (Å²) in [6, 6.07) is 13.6. The Labute approximate surface area is 192 Å². The molecule has 0 aromatic heterocycles. The summed E-state index contributed by atoms with van der Waals surface area (Å²) >= 11 is 0. The lowest BCUT2D eigenvalue weighted by Crippen LogP contribution is -2.17. The van der Waals surface area contributed by atoms with E-state index in [-0.39, 0.29) is 11.9 Å². The average molecular weight is 431 g/mol. The number of hydrogen-bond donors (Lipinski definition) is 2. The smallest absolute Gasteiger partial charge is 0.255 e. The summed E-state index contributed by atoms with van der Waals surface area (Å²) in [4.78, 5) is 21.4. The van der Waals surface area contributed by atoms with Crippen LogP contribution in [0.15, 0.2) is 76.5 Å². The number of allylic oxidation sites excluding steroid dienone is 2. The second-order valence-electron chi connectivity index (χ2n) is 7.98. The van der Waals surface area contributed by atoms with Gasteiger partial charge in [0.05, 0.1) is 5.71 Å². The van der Waals surface area contributed by atoms with Crippen LogP contribution in [0.3, 0.4) is 0 Å². The number of amides is 1. The quantitative estimate of drug-likeness (QED) is 0.467. The van der Waals surface area contributed by atoms with Crippen LogP contribution in [0, 0.1) is 13.8 Å². The van der Waals surface area contributed by atoms with E-state index in [2.05, 4.69) is 34.1 Å². The largest absolute Gasteiger partial charge is 0.381 e. The lowest BCUT2D eigenvalue weighted by atomic mass is 10.1. The Bertz CT molecular complexity index is 1060. The van der Waals surface area contributed by atoms with E-state index in [9.17, 15) is 4.79 Å². The molecule has 0 radical (unpaired) electrons. The minimum absolute atomic E-state index is 0.0394. The Morgan fingerprint density at radius 2 is 1.88 bits per heavy atom. The molecule has 0 unspecified atom stereocenters. The summed E-state index contributed by atoms with van der Waals surface area (Å²) in [5.74, 6) is -0.114. The zero-order chi connectivity index (χ0) is 23.7. The number of hydrogen-bond acceptors (Lipinski definition) is 4. The molecule has 2 aromatic rings. The van der Waals surface area contributed by atoms with E-state index in [4.69, 9.17) is 0 Å². The van der Waals surface area contributed by atoms with Gasteiger partial charge in [-0.05, 0) is 88.1 Å². The molecule has 5 nitrogen and oxygen atoms in total. The highest BCUT2D eigenvalue weighted by Crippen LogP contribution is 2.20. The van der Waals surface area contributed by atoms with Crippen molar-refractivity contribution in [2.75, 3.05) is 11.9 Å². The highest BCUT2D eigenvalue weighted by Gasteiger charge is 2.10. The number of nitrogens with zero attached hydrogens (tertiary/aromatic N) is 2. The fourth-order valence-corrected chi connectivity index (χ4v) is 3.03. The van der Waals surface area contributed by atoms with Gasteiger partial charge in [0.1, 0.15) is 0 Å². The van der Waals surface area contributed by atoms with Crippen LogP contribution in [0.5, 0.6) is 0 Å². The molecule has 0 spiro atoms. The third-order valence-electron chi connectivity index (χ3n) is 5.09. The second-order valence-corrected chi connectivity index (χ2v) is 7.98. The molecule has 0 aliphatic rings. The summed E-state index contributed by atoms with van der Waals surface area (Å²) in [6.45, 7) is 16.6. The summed E-state index contributed by atoms with van der Waals surface area (Å²) in [6.07, 6.45) is 3.53. The fraction of sp³-hybridized carbons (Fsp3) is 0.296. The normalized spacial score (nSPS) is 13.2. The number of benzene rings is 2.